The lowest BCUT2D eigenvalue weighted by atomic mass is 10.2. The smallest absolute Gasteiger partial charge is 0.428 e. The molecule has 1 heterocycles. The van der Waals surface area contributed by atoms with Crippen molar-refractivity contribution in [2.24, 2.45) is 5.10 Å². The SMILES string of the molecule is CC(=O)NC1=NN(C(C)=O)[C@H](c2cccc(OC(F)(F)C(F)F)c2)S1. The molecule has 0 aliphatic carbocycles. The average molecular weight is 379 g/mol. The van der Waals surface area contributed by atoms with Gasteiger partial charge in [-0.2, -0.15) is 17.6 Å². The fourth-order valence-corrected chi connectivity index (χ4v) is 3.04. The Balaban J connectivity index is 2.25. The van der Waals surface area contributed by atoms with Crippen molar-refractivity contribution in [2.75, 3.05) is 0 Å². The number of nitrogens with zero attached hydrogens (tertiary/aromatic N) is 2. The van der Waals surface area contributed by atoms with Crippen molar-refractivity contribution >= 4 is 28.7 Å². The van der Waals surface area contributed by atoms with Crippen molar-refractivity contribution in [3.05, 3.63) is 29.8 Å². The van der Waals surface area contributed by atoms with Crippen LogP contribution in [0.1, 0.15) is 24.8 Å². The minimum atomic E-state index is -4.64. The molecule has 0 aromatic heterocycles. The molecule has 6 nitrogen and oxygen atoms in total. The molecule has 1 aliphatic rings. The molecule has 1 aromatic carbocycles. The summed E-state index contributed by atoms with van der Waals surface area (Å²) in [6.07, 6.45) is -8.63. The molecule has 2 amide bonds. The van der Waals surface area contributed by atoms with Crippen molar-refractivity contribution in [1.82, 2.24) is 10.3 Å². The summed E-state index contributed by atoms with van der Waals surface area (Å²) in [6, 6.07) is 5.01. The van der Waals surface area contributed by atoms with E-state index in [4.69, 9.17) is 0 Å². The van der Waals surface area contributed by atoms with E-state index in [9.17, 15) is 27.2 Å². The Labute approximate surface area is 144 Å². The number of benzene rings is 1. The largest absolute Gasteiger partial charge is 0.461 e. The topological polar surface area (TPSA) is 71.0 Å². The van der Waals surface area contributed by atoms with Crippen molar-refractivity contribution in [3.63, 3.8) is 0 Å². The lowest BCUT2D eigenvalue weighted by molar-refractivity contribution is -0.253. The van der Waals surface area contributed by atoms with Crippen LogP contribution in [-0.2, 0) is 9.59 Å². The van der Waals surface area contributed by atoms with E-state index in [1.165, 1.54) is 26.0 Å². The summed E-state index contributed by atoms with van der Waals surface area (Å²) in [6.45, 7) is 2.49. The number of carbonyl (C=O) groups is 2. The van der Waals surface area contributed by atoms with E-state index in [0.717, 1.165) is 28.9 Å². The summed E-state index contributed by atoms with van der Waals surface area (Å²) in [5.74, 6) is -1.34. The molecule has 0 spiro atoms. The number of thioether (sulfide) groups is 1. The summed E-state index contributed by atoms with van der Waals surface area (Å²) in [5.41, 5.74) is 0.312. The Bertz CT molecular complexity index is 714. The first-order valence-corrected chi connectivity index (χ1v) is 7.75. The summed E-state index contributed by atoms with van der Waals surface area (Å²) in [5, 5.41) is 6.80. The molecule has 1 N–H and O–H groups in total. The van der Waals surface area contributed by atoms with E-state index >= 15 is 0 Å². The first-order valence-electron chi connectivity index (χ1n) is 6.87. The Morgan fingerprint density at radius 3 is 2.60 bits per heavy atom. The maximum Gasteiger partial charge on any atom is 0.461 e. The van der Waals surface area contributed by atoms with Crippen LogP contribution in [0.15, 0.2) is 29.4 Å². The number of amides is 2. The highest BCUT2D eigenvalue weighted by atomic mass is 32.2. The van der Waals surface area contributed by atoms with Gasteiger partial charge in [-0.3, -0.25) is 9.59 Å². The first kappa shape index (κ1) is 19.0. The van der Waals surface area contributed by atoms with Gasteiger partial charge in [0.1, 0.15) is 11.1 Å². The zero-order chi connectivity index (χ0) is 18.8. The van der Waals surface area contributed by atoms with Gasteiger partial charge >= 0.3 is 12.5 Å². The summed E-state index contributed by atoms with van der Waals surface area (Å²) in [7, 11) is 0. The predicted molar refractivity (Wildman–Crippen MR) is 82.1 cm³/mol. The molecule has 0 saturated carbocycles. The molecule has 0 unspecified atom stereocenters. The van der Waals surface area contributed by atoms with Crippen LogP contribution >= 0.6 is 11.8 Å². The molecule has 2 rings (SSSR count). The predicted octanol–water partition coefficient (Wildman–Crippen LogP) is 2.92. The lowest BCUT2D eigenvalue weighted by Crippen LogP contribution is -2.33. The third-order valence-electron chi connectivity index (χ3n) is 2.90. The van der Waals surface area contributed by atoms with Crippen LogP contribution < -0.4 is 10.1 Å². The van der Waals surface area contributed by atoms with Gasteiger partial charge in [-0.1, -0.05) is 23.9 Å². The lowest BCUT2D eigenvalue weighted by Gasteiger charge is -2.21. The van der Waals surface area contributed by atoms with E-state index in [-0.39, 0.29) is 5.17 Å². The minimum absolute atomic E-state index is 0.150. The molecule has 0 fully saturated rings. The monoisotopic (exact) mass is 379 g/mol. The van der Waals surface area contributed by atoms with Gasteiger partial charge in [-0.15, -0.1) is 5.10 Å². The number of alkyl halides is 4. The van der Waals surface area contributed by atoms with E-state index in [0.29, 0.717) is 5.56 Å². The van der Waals surface area contributed by atoms with E-state index in [2.05, 4.69) is 15.2 Å². The van der Waals surface area contributed by atoms with E-state index < -0.39 is 35.5 Å². The second kappa shape index (κ2) is 7.30. The summed E-state index contributed by atoms with van der Waals surface area (Å²) < 4.78 is 54.6. The summed E-state index contributed by atoms with van der Waals surface area (Å²) in [4.78, 5) is 22.8. The van der Waals surface area contributed by atoms with Crippen LogP contribution in [0, 0.1) is 0 Å². The summed E-state index contributed by atoms with van der Waals surface area (Å²) >= 11 is 0.993. The molecule has 0 bridgehead atoms. The van der Waals surface area contributed by atoms with Gasteiger partial charge in [0.25, 0.3) is 0 Å². The maximum absolute atomic E-state index is 13.0. The molecule has 0 radical (unpaired) electrons. The van der Waals surface area contributed by atoms with Gasteiger partial charge in [-0.05, 0) is 17.7 Å². The van der Waals surface area contributed by atoms with E-state index in [1.807, 2.05) is 0 Å². The highest BCUT2D eigenvalue weighted by Crippen LogP contribution is 2.40. The standard InChI is InChI=1S/C14H13F4N3O3S/c1-7(22)19-13-20-21(8(2)23)11(25-13)9-4-3-5-10(6-9)24-14(17,18)12(15)16/h3-6,11-12H,1-2H3,(H,19,20,22)/t11-/m0/s1. The molecule has 1 atom stereocenters. The number of nitrogens with one attached hydrogen (secondary N) is 1. The molecule has 1 aromatic rings. The number of halogens is 4. The maximum atomic E-state index is 13.0. The third kappa shape index (κ3) is 4.62. The minimum Gasteiger partial charge on any atom is -0.428 e. The number of hydrogen-bond donors (Lipinski definition) is 1. The van der Waals surface area contributed by atoms with Crippen LogP contribution in [0.2, 0.25) is 0 Å². The normalized spacial score (nSPS) is 17.5. The van der Waals surface area contributed by atoms with Gasteiger partial charge < -0.3 is 10.1 Å². The molecule has 0 saturated heterocycles. The zero-order valence-corrected chi connectivity index (χ0v) is 13.8. The Morgan fingerprint density at radius 2 is 2.04 bits per heavy atom. The Morgan fingerprint density at radius 1 is 1.36 bits per heavy atom. The molecule has 11 heteroatoms. The van der Waals surface area contributed by atoms with Crippen LogP contribution in [0.5, 0.6) is 5.75 Å². The van der Waals surface area contributed by atoms with Gasteiger partial charge in [-0.25, -0.2) is 5.01 Å². The van der Waals surface area contributed by atoms with Crippen molar-refractivity contribution in [3.8, 4) is 5.75 Å². The van der Waals surface area contributed by atoms with Gasteiger partial charge in [0.05, 0.1) is 0 Å². The molecular formula is C14H13F4N3O3S. The number of hydrazone groups is 1. The van der Waals surface area contributed by atoms with Crippen molar-refractivity contribution < 1.29 is 31.9 Å². The molecule has 1 aliphatic heterocycles. The van der Waals surface area contributed by atoms with Crippen LogP contribution in [0.25, 0.3) is 0 Å². The fraction of sp³-hybridized carbons (Fsp3) is 0.357. The highest BCUT2D eigenvalue weighted by Gasteiger charge is 2.44. The van der Waals surface area contributed by atoms with Crippen molar-refractivity contribution in [2.45, 2.75) is 31.8 Å². The fourth-order valence-electron chi connectivity index (χ4n) is 1.91. The van der Waals surface area contributed by atoms with Crippen LogP contribution in [-0.4, -0.2) is 34.5 Å². The molecule has 25 heavy (non-hydrogen) atoms. The number of rotatable bonds is 4. The quantitative estimate of drug-likeness (QED) is 0.817. The molecular weight excluding hydrogens is 366 g/mol. The van der Waals surface area contributed by atoms with Crippen LogP contribution in [0.3, 0.4) is 0 Å². The van der Waals surface area contributed by atoms with E-state index in [1.54, 1.807) is 0 Å². The van der Waals surface area contributed by atoms with Crippen LogP contribution in [0.4, 0.5) is 17.6 Å². The van der Waals surface area contributed by atoms with Gasteiger partial charge in [0.15, 0.2) is 5.17 Å². The van der Waals surface area contributed by atoms with Gasteiger partial charge in [0.2, 0.25) is 11.8 Å². The van der Waals surface area contributed by atoms with Crippen molar-refractivity contribution in [1.29, 1.82) is 0 Å². The zero-order valence-electron chi connectivity index (χ0n) is 13.0. The number of amidine groups is 1. The molecule has 136 valence electrons. The number of hydrogen-bond acceptors (Lipinski definition) is 5. The Hall–Kier alpha value is -2.30. The average Bonchev–Trinajstić information content (AvgIpc) is 2.90. The number of ether oxygens (including phenoxy) is 1. The second-order valence-corrected chi connectivity index (χ2v) is 6.03. The van der Waals surface area contributed by atoms with Gasteiger partial charge in [0, 0.05) is 13.8 Å². The Kier molecular flexibility index (Phi) is 5.55. The third-order valence-corrected chi connectivity index (χ3v) is 4.00. The second-order valence-electron chi connectivity index (χ2n) is 4.96. The first-order chi connectivity index (χ1) is 11.6. The highest BCUT2D eigenvalue weighted by molar-refractivity contribution is 8.14. The number of carbonyl (C=O) groups excluding carboxylic acids is 2.